The molecule has 0 radical (unpaired) electrons. The summed E-state index contributed by atoms with van der Waals surface area (Å²) >= 11 is 5.61. The number of hydrogen-bond donors (Lipinski definition) is 0. The van der Waals surface area contributed by atoms with Crippen molar-refractivity contribution in [1.29, 1.82) is 0 Å². The third kappa shape index (κ3) is 2.75. The Kier molecular flexibility index (Phi) is 4.01. The van der Waals surface area contributed by atoms with Crippen LogP contribution in [0.5, 0.6) is 0 Å². The smallest absolute Gasteiger partial charge is 0.194 e. The predicted octanol–water partition coefficient (Wildman–Crippen LogP) is 2.82. The molecular formula is C9H10ClF3Si. The van der Waals surface area contributed by atoms with Gasteiger partial charge in [-0.05, 0) is 23.7 Å². The molecule has 1 aromatic rings. The molecular weight excluding hydrogens is 229 g/mol. The lowest BCUT2D eigenvalue weighted by Gasteiger charge is -2.06. The van der Waals surface area contributed by atoms with E-state index >= 15 is 0 Å². The van der Waals surface area contributed by atoms with Gasteiger partial charge in [0.05, 0.1) is 8.80 Å². The van der Waals surface area contributed by atoms with Gasteiger partial charge in [-0.1, -0.05) is 6.55 Å². The summed E-state index contributed by atoms with van der Waals surface area (Å²) in [4.78, 5) is 0. The van der Waals surface area contributed by atoms with Crippen LogP contribution >= 0.6 is 11.6 Å². The average Bonchev–Trinajstić information content (AvgIpc) is 2.14. The Morgan fingerprint density at radius 3 is 2.14 bits per heavy atom. The highest BCUT2D eigenvalue weighted by molar-refractivity contribution is 6.65. The molecule has 1 aromatic carbocycles. The van der Waals surface area contributed by atoms with Crippen LogP contribution in [-0.2, 0) is 6.04 Å². The van der Waals surface area contributed by atoms with Crippen LogP contribution in [0.15, 0.2) is 12.1 Å². The molecule has 0 nitrogen and oxygen atoms in total. The highest BCUT2D eigenvalue weighted by Crippen LogP contribution is 2.14. The molecule has 14 heavy (non-hydrogen) atoms. The van der Waals surface area contributed by atoms with Gasteiger partial charge in [0.1, 0.15) is 0 Å². The van der Waals surface area contributed by atoms with E-state index in [0.29, 0.717) is 17.1 Å². The Labute approximate surface area is 87.3 Å². The van der Waals surface area contributed by atoms with Gasteiger partial charge in [0.25, 0.3) is 0 Å². The zero-order valence-corrected chi connectivity index (χ0v) is 9.57. The normalized spacial score (nSPS) is 12.9. The Morgan fingerprint density at radius 2 is 1.71 bits per heavy atom. The van der Waals surface area contributed by atoms with Gasteiger partial charge in [-0.25, -0.2) is 13.2 Å². The molecule has 1 rings (SSSR count). The van der Waals surface area contributed by atoms with Gasteiger partial charge in [-0.3, -0.25) is 0 Å². The van der Waals surface area contributed by atoms with E-state index in [0.717, 1.165) is 12.1 Å². The van der Waals surface area contributed by atoms with E-state index in [2.05, 4.69) is 0 Å². The fourth-order valence-corrected chi connectivity index (χ4v) is 2.66. The van der Waals surface area contributed by atoms with Crippen LogP contribution in [0.1, 0.15) is 5.56 Å². The largest absolute Gasteiger partial charge is 0.204 e. The number of alkyl halides is 1. The van der Waals surface area contributed by atoms with Gasteiger partial charge in [-0.15, -0.1) is 11.6 Å². The first-order chi connectivity index (χ1) is 6.54. The first-order valence-corrected chi connectivity index (χ1v) is 7.56. The lowest BCUT2D eigenvalue weighted by molar-refractivity contribution is 0.446. The van der Waals surface area contributed by atoms with Crippen molar-refractivity contribution in [3.05, 3.63) is 35.1 Å². The molecule has 0 aliphatic carbocycles. The van der Waals surface area contributed by atoms with E-state index in [1.807, 2.05) is 6.55 Å². The van der Waals surface area contributed by atoms with E-state index < -0.39 is 26.2 Å². The zero-order valence-electron chi connectivity index (χ0n) is 7.66. The highest BCUT2D eigenvalue weighted by Gasteiger charge is 2.12. The van der Waals surface area contributed by atoms with Gasteiger partial charge in [0, 0.05) is 5.50 Å². The van der Waals surface area contributed by atoms with Gasteiger partial charge >= 0.3 is 0 Å². The highest BCUT2D eigenvalue weighted by atomic mass is 35.5. The van der Waals surface area contributed by atoms with Crippen LogP contribution in [0.25, 0.3) is 0 Å². The summed E-state index contributed by atoms with van der Waals surface area (Å²) in [5, 5.41) is 0. The average molecular weight is 239 g/mol. The van der Waals surface area contributed by atoms with E-state index in [9.17, 15) is 13.2 Å². The van der Waals surface area contributed by atoms with Gasteiger partial charge < -0.3 is 0 Å². The monoisotopic (exact) mass is 238 g/mol. The number of hydrogen-bond acceptors (Lipinski definition) is 0. The summed E-state index contributed by atoms with van der Waals surface area (Å²) in [5.41, 5.74) is 1.03. The van der Waals surface area contributed by atoms with Gasteiger partial charge in [0.2, 0.25) is 0 Å². The lowest BCUT2D eigenvalue weighted by atomic mass is 10.2. The molecule has 5 heteroatoms. The van der Waals surface area contributed by atoms with E-state index in [1.165, 1.54) is 0 Å². The van der Waals surface area contributed by atoms with Crippen LogP contribution in [0.4, 0.5) is 13.2 Å². The van der Waals surface area contributed by atoms with Crippen LogP contribution in [-0.4, -0.2) is 14.3 Å². The molecule has 0 bridgehead atoms. The van der Waals surface area contributed by atoms with Crippen LogP contribution in [0, 0.1) is 17.5 Å². The molecule has 0 fully saturated rings. The molecule has 0 aliphatic rings. The Bertz CT molecular complexity index is 307. The third-order valence-corrected chi connectivity index (χ3v) is 5.17. The second kappa shape index (κ2) is 4.84. The topological polar surface area (TPSA) is 0 Å². The molecule has 0 aliphatic heterocycles. The zero-order chi connectivity index (χ0) is 10.7. The Hall–Kier alpha value is -0.483. The molecule has 0 saturated heterocycles. The maximum atomic E-state index is 12.8. The quantitative estimate of drug-likeness (QED) is 0.432. The van der Waals surface area contributed by atoms with Crippen molar-refractivity contribution < 1.29 is 13.2 Å². The summed E-state index contributed by atoms with van der Waals surface area (Å²) in [7, 11) is -1.16. The molecule has 0 saturated carbocycles. The molecule has 0 aromatic heterocycles. The number of benzene rings is 1. The van der Waals surface area contributed by atoms with E-state index in [4.69, 9.17) is 11.6 Å². The first-order valence-electron chi connectivity index (χ1n) is 4.24. The molecule has 0 heterocycles. The van der Waals surface area contributed by atoms with E-state index in [1.54, 1.807) is 0 Å². The summed E-state index contributed by atoms with van der Waals surface area (Å²) < 4.78 is 38.1. The van der Waals surface area contributed by atoms with Crippen molar-refractivity contribution in [2.75, 3.05) is 5.50 Å². The summed E-state index contributed by atoms with van der Waals surface area (Å²) in [6.45, 7) is 1.99. The van der Waals surface area contributed by atoms with Crippen molar-refractivity contribution in [1.82, 2.24) is 0 Å². The van der Waals surface area contributed by atoms with Crippen molar-refractivity contribution in [2.24, 2.45) is 0 Å². The molecule has 1 unspecified atom stereocenters. The molecule has 1 atom stereocenters. The van der Waals surface area contributed by atoms with Gasteiger partial charge in [-0.2, -0.15) is 0 Å². The Morgan fingerprint density at radius 1 is 1.21 bits per heavy atom. The van der Waals surface area contributed by atoms with Crippen LogP contribution < -0.4 is 0 Å². The lowest BCUT2D eigenvalue weighted by Crippen LogP contribution is -2.14. The minimum Gasteiger partial charge on any atom is -0.204 e. The van der Waals surface area contributed by atoms with Crippen molar-refractivity contribution in [2.45, 2.75) is 12.6 Å². The predicted molar refractivity (Wildman–Crippen MR) is 53.8 cm³/mol. The number of rotatable bonds is 3. The standard InChI is InChI=1S/C9H10ClF3Si/c1-14(5-10)4-6-2-7(11)9(13)8(12)3-6/h2-3,14H,4-5H2,1H3. The molecule has 78 valence electrons. The van der Waals surface area contributed by atoms with Crippen LogP contribution in [0.2, 0.25) is 6.55 Å². The molecule has 0 amide bonds. The van der Waals surface area contributed by atoms with Crippen molar-refractivity contribution in [3.8, 4) is 0 Å². The summed E-state index contributed by atoms with van der Waals surface area (Å²) in [6, 6.07) is 2.65. The minimum absolute atomic E-state index is 0.487. The summed E-state index contributed by atoms with van der Waals surface area (Å²) in [6.07, 6.45) is 0. The third-order valence-electron chi connectivity index (χ3n) is 1.89. The molecule has 0 N–H and O–H groups in total. The van der Waals surface area contributed by atoms with Crippen molar-refractivity contribution in [3.63, 3.8) is 0 Å². The SMILES string of the molecule is C[SiH](CCl)Cc1cc(F)c(F)c(F)c1. The maximum Gasteiger partial charge on any atom is 0.194 e. The van der Waals surface area contributed by atoms with Crippen molar-refractivity contribution >= 4 is 20.4 Å². The first kappa shape index (κ1) is 11.6. The second-order valence-corrected chi connectivity index (χ2v) is 7.19. The fourth-order valence-electron chi connectivity index (χ4n) is 1.18. The van der Waals surface area contributed by atoms with Crippen LogP contribution in [0.3, 0.4) is 0 Å². The van der Waals surface area contributed by atoms with Gasteiger partial charge in [0.15, 0.2) is 17.5 Å². The molecule has 0 spiro atoms. The minimum atomic E-state index is -1.41. The second-order valence-electron chi connectivity index (χ2n) is 3.34. The fraction of sp³-hybridized carbons (Fsp3) is 0.333. The summed E-state index contributed by atoms with van der Waals surface area (Å²) in [5.74, 6) is -3.67. The number of halogens is 4. The van der Waals surface area contributed by atoms with E-state index in [-0.39, 0.29) is 0 Å². The Balaban J connectivity index is 2.89. The maximum absolute atomic E-state index is 12.8.